The molecule has 1 unspecified atom stereocenters. The molecule has 3 amide bonds. The van der Waals surface area contributed by atoms with Gasteiger partial charge in [0.15, 0.2) is 5.76 Å². The molecule has 8 heteroatoms. The average Bonchev–Trinajstić information content (AvgIpc) is 3.37. The number of amides is 3. The molecule has 2 N–H and O–H groups in total. The molecular weight excluding hydrogens is 420 g/mol. The largest absolute Gasteiger partial charge is 0.459 e. The van der Waals surface area contributed by atoms with Gasteiger partial charge in [-0.2, -0.15) is 0 Å². The van der Waals surface area contributed by atoms with Gasteiger partial charge in [-0.25, -0.2) is 4.98 Å². The van der Waals surface area contributed by atoms with Crippen molar-refractivity contribution >= 4 is 29.2 Å². The standard InChI is InChI=1S/C25H26N4O4/c1-16-7-10-22(26-14-16)28-23(30)19-5-3-11-29(15-19)25(32)18-9-8-17(2)20(13-18)27-24(31)21-6-4-12-33-21/h4,6-10,12-14,19H,3,5,11,15H2,1-2H3,(H,27,31)(H,26,28,30). The van der Waals surface area contributed by atoms with E-state index in [0.29, 0.717) is 36.6 Å². The van der Waals surface area contributed by atoms with Crippen molar-refractivity contribution in [3.63, 3.8) is 0 Å². The SMILES string of the molecule is Cc1ccc(NC(=O)C2CCCN(C(=O)c3ccc(C)c(NC(=O)c4ccco4)c3)C2)nc1. The second kappa shape index (κ2) is 9.68. The molecule has 1 saturated heterocycles. The Bertz CT molecular complexity index is 1160. The molecule has 0 radical (unpaired) electrons. The highest BCUT2D eigenvalue weighted by molar-refractivity contribution is 6.04. The molecule has 1 atom stereocenters. The highest BCUT2D eigenvalue weighted by Gasteiger charge is 2.29. The zero-order valence-corrected chi connectivity index (χ0v) is 18.6. The van der Waals surface area contributed by atoms with Gasteiger partial charge in [0.25, 0.3) is 11.8 Å². The fourth-order valence-corrected chi connectivity index (χ4v) is 3.81. The first-order valence-electron chi connectivity index (χ1n) is 10.9. The maximum absolute atomic E-state index is 13.2. The number of benzene rings is 1. The highest BCUT2D eigenvalue weighted by Crippen LogP contribution is 2.23. The monoisotopic (exact) mass is 446 g/mol. The molecular formula is C25H26N4O4. The van der Waals surface area contributed by atoms with Gasteiger partial charge < -0.3 is 20.0 Å². The van der Waals surface area contributed by atoms with Gasteiger partial charge in [0.2, 0.25) is 5.91 Å². The van der Waals surface area contributed by atoms with E-state index in [9.17, 15) is 14.4 Å². The van der Waals surface area contributed by atoms with Crippen LogP contribution in [0.25, 0.3) is 0 Å². The minimum Gasteiger partial charge on any atom is -0.459 e. The lowest BCUT2D eigenvalue weighted by Gasteiger charge is -2.32. The number of furan rings is 1. The summed E-state index contributed by atoms with van der Waals surface area (Å²) in [6.07, 6.45) is 4.57. The predicted octanol–water partition coefficient (Wildman–Crippen LogP) is 4.03. The topological polar surface area (TPSA) is 105 Å². The smallest absolute Gasteiger partial charge is 0.291 e. The molecule has 3 aromatic rings. The van der Waals surface area contributed by atoms with Crippen LogP contribution < -0.4 is 10.6 Å². The van der Waals surface area contributed by atoms with Gasteiger partial charge in [0.05, 0.1) is 12.2 Å². The molecule has 4 rings (SSSR count). The zero-order valence-electron chi connectivity index (χ0n) is 18.6. The molecule has 3 heterocycles. The van der Waals surface area contributed by atoms with E-state index in [4.69, 9.17) is 4.42 Å². The molecule has 0 saturated carbocycles. The first kappa shape index (κ1) is 22.3. The number of hydrogen-bond acceptors (Lipinski definition) is 5. The van der Waals surface area contributed by atoms with Gasteiger partial charge in [0, 0.05) is 30.5 Å². The summed E-state index contributed by atoms with van der Waals surface area (Å²) in [4.78, 5) is 44.2. The summed E-state index contributed by atoms with van der Waals surface area (Å²) < 4.78 is 5.13. The van der Waals surface area contributed by atoms with Gasteiger partial charge in [-0.1, -0.05) is 12.1 Å². The summed E-state index contributed by atoms with van der Waals surface area (Å²) in [7, 11) is 0. The van der Waals surface area contributed by atoms with E-state index in [1.165, 1.54) is 6.26 Å². The number of nitrogens with one attached hydrogen (secondary N) is 2. The molecule has 0 aliphatic carbocycles. The van der Waals surface area contributed by atoms with E-state index in [1.54, 1.807) is 47.5 Å². The second-order valence-electron chi connectivity index (χ2n) is 8.26. The Morgan fingerprint density at radius 2 is 1.94 bits per heavy atom. The van der Waals surface area contributed by atoms with Crippen molar-refractivity contribution in [3.05, 3.63) is 77.4 Å². The van der Waals surface area contributed by atoms with Gasteiger partial charge in [0.1, 0.15) is 5.82 Å². The van der Waals surface area contributed by atoms with E-state index in [2.05, 4.69) is 15.6 Å². The maximum atomic E-state index is 13.2. The molecule has 8 nitrogen and oxygen atoms in total. The van der Waals surface area contributed by atoms with Crippen LogP contribution in [-0.2, 0) is 4.79 Å². The van der Waals surface area contributed by atoms with E-state index in [1.807, 2.05) is 19.9 Å². The molecule has 0 spiro atoms. The van der Waals surface area contributed by atoms with E-state index < -0.39 is 0 Å². The van der Waals surface area contributed by atoms with Crippen molar-refractivity contribution in [3.8, 4) is 0 Å². The van der Waals surface area contributed by atoms with Crippen molar-refractivity contribution in [2.75, 3.05) is 23.7 Å². The number of pyridine rings is 1. The van der Waals surface area contributed by atoms with Gasteiger partial charge >= 0.3 is 0 Å². The molecule has 1 fully saturated rings. The minimum absolute atomic E-state index is 0.140. The Morgan fingerprint density at radius 1 is 1.09 bits per heavy atom. The Hall–Kier alpha value is -3.94. The number of aryl methyl sites for hydroxylation is 2. The molecule has 0 bridgehead atoms. The van der Waals surface area contributed by atoms with Crippen molar-refractivity contribution in [1.29, 1.82) is 0 Å². The number of hydrogen-bond donors (Lipinski definition) is 2. The van der Waals surface area contributed by atoms with Crippen LogP contribution in [0.1, 0.15) is 44.9 Å². The Morgan fingerprint density at radius 3 is 2.67 bits per heavy atom. The Kier molecular flexibility index (Phi) is 6.53. The zero-order chi connectivity index (χ0) is 23.4. The van der Waals surface area contributed by atoms with Crippen LogP contribution in [0.5, 0.6) is 0 Å². The predicted molar refractivity (Wildman–Crippen MR) is 124 cm³/mol. The van der Waals surface area contributed by atoms with Crippen LogP contribution in [0.15, 0.2) is 59.3 Å². The molecule has 1 aromatic carbocycles. The Labute approximate surface area is 192 Å². The fraction of sp³-hybridized carbons (Fsp3) is 0.280. The fourth-order valence-electron chi connectivity index (χ4n) is 3.81. The first-order chi connectivity index (χ1) is 15.9. The van der Waals surface area contributed by atoms with Crippen molar-refractivity contribution in [2.45, 2.75) is 26.7 Å². The van der Waals surface area contributed by atoms with Crippen LogP contribution in [-0.4, -0.2) is 40.7 Å². The molecule has 170 valence electrons. The third-order valence-corrected chi connectivity index (χ3v) is 5.72. The van der Waals surface area contributed by atoms with Crippen molar-refractivity contribution in [2.24, 2.45) is 5.92 Å². The summed E-state index contributed by atoms with van der Waals surface area (Å²) in [5, 5.41) is 5.64. The van der Waals surface area contributed by atoms with E-state index in [0.717, 1.165) is 17.5 Å². The third kappa shape index (κ3) is 5.28. The normalized spacial score (nSPS) is 15.7. The van der Waals surface area contributed by atoms with Gasteiger partial charge in [-0.15, -0.1) is 0 Å². The summed E-state index contributed by atoms with van der Waals surface area (Å²) in [6, 6.07) is 12.1. The summed E-state index contributed by atoms with van der Waals surface area (Å²) in [5.41, 5.74) is 2.84. The van der Waals surface area contributed by atoms with Crippen molar-refractivity contribution in [1.82, 2.24) is 9.88 Å². The molecule has 33 heavy (non-hydrogen) atoms. The number of nitrogens with zero attached hydrogens (tertiary/aromatic N) is 2. The summed E-state index contributed by atoms with van der Waals surface area (Å²) in [6.45, 7) is 4.69. The van der Waals surface area contributed by atoms with Gasteiger partial charge in [-0.3, -0.25) is 14.4 Å². The maximum Gasteiger partial charge on any atom is 0.291 e. The summed E-state index contributed by atoms with van der Waals surface area (Å²) >= 11 is 0. The van der Waals surface area contributed by atoms with Crippen LogP contribution in [0.3, 0.4) is 0 Å². The highest BCUT2D eigenvalue weighted by atomic mass is 16.3. The van der Waals surface area contributed by atoms with Crippen LogP contribution in [0, 0.1) is 19.8 Å². The number of piperidine rings is 1. The van der Waals surface area contributed by atoms with Gasteiger partial charge in [-0.05, 0) is 68.1 Å². The van der Waals surface area contributed by atoms with Crippen LogP contribution in [0.2, 0.25) is 0 Å². The van der Waals surface area contributed by atoms with Crippen molar-refractivity contribution < 1.29 is 18.8 Å². The third-order valence-electron chi connectivity index (χ3n) is 5.72. The molecule has 1 aliphatic heterocycles. The lowest BCUT2D eigenvalue weighted by Crippen LogP contribution is -2.43. The summed E-state index contributed by atoms with van der Waals surface area (Å²) in [5.74, 6) is -0.307. The molecule has 2 aromatic heterocycles. The Balaban J connectivity index is 1.43. The first-order valence-corrected chi connectivity index (χ1v) is 10.9. The van der Waals surface area contributed by atoms with Crippen LogP contribution in [0.4, 0.5) is 11.5 Å². The van der Waals surface area contributed by atoms with E-state index >= 15 is 0 Å². The quantitative estimate of drug-likeness (QED) is 0.616. The average molecular weight is 447 g/mol. The number of aromatic nitrogens is 1. The number of likely N-dealkylation sites (tertiary alicyclic amines) is 1. The number of anilines is 2. The van der Waals surface area contributed by atoms with Crippen LogP contribution >= 0.6 is 0 Å². The number of rotatable bonds is 5. The molecule has 1 aliphatic rings. The minimum atomic E-state index is -0.382. The second-order valence-corrected chi connectivity index (χ2v) is 8.26. The number of carbonyl (C=O) groups excluding carboxylic acids is 3. The lowest BCUT2D eigenvalue weighted by molar-refractivity contribution is -0.121. The van der Waals surface area contributed by atoms with E-state index in [-0.39, 0.29) is 29.4 Å². The lowest BCUT2D eigenvalue weighted by atomic mass is 9.96. The number of carbonyl (C=O) groups is 3.